The van der Waals surface area contributed by atoms with E-state index in [1.165, 1.54) is 20.8 Å². The average Bonchev–Trinajstić information content (AvgIpc) is 2.80. The molecule has 0 bridgehead atoms. The summed E-state index contributed by atoms with van der Waals surface area (Å²) in [4.78, 5) is 34.2. The lowest BCUT2D eigenvalue weighted by molar-refractivity contribution is -0.142. The Morgan fingerprint density at radius 3 is 1.03 bits per heavy atom. The Bertz CT molecular complexity index is 717. The average molecular weight is 524 g/mol. The van der Waals surface area contributed by atoms with E-state index in [1.807, 2.05) is 0 Å². The molecule has 0 aromatic carbocycles. The molecule has 0 aliphatic carbocycles. The minimum atomic E-state index is -4.53. The fraction of sp³-hybridized carbons (Fsp3) is 0.571. The van der Waals surface area contributed by atoms with Crippen LogP contribution in [0.5, 0.6) is 0 Å². The Balaban J connectivity index is 4.96. The molecule has 0 radical (unpaired) electrons. The van der Waals surface area contributed by atoms with Crippen molar-refractivity contribution >= 4 is 25.7 Å². The highest BCUT2D eigenvalue weighted by Gasteiger charge is 2.31. The monoisotopic (exact) mass is 524 g/mol. The first-order valence-corrected chi connectivity index (χ1v) is 11.7. The zero-order chi connectivity index (χ0) is 27.2. The Labute approximate surface area is 203 Å². The van der Waals surface area contributed by atoms with Gasteiger partial charge in [0.1, 0.15) is 38.1 Å². The van der Waals surface area contributed by atoms with Gasteiger partial charge in [-0.05, 0) is 20.8 Å². The molecule has 0 saturated heterocycles. The molecule has 0 aliphatic rings. The highest BCUT2D eigenvalue weighted by atomic mass is 31.2. The Hall–Kier alpha value is -2.38. The van der Waals surface area contributed by atoms with Gasteiger partial charge in [-0.2, -0.15) is 0 Å². The predicted molar refractivity (Wildman–Crippen MR) is 121 cm³/mol. The van der Waals surface area contributed by atoms with Crippen LogP contribution in [0.25, 0.3) is 0 Å². The molecule has 35 heavy (non-hydrogen) atoms. The second-order valence-corrected chi connectivity index (χ2v) is 9.10. The number of ether oxygens (including phenoxy) is 3. The van der Waals surface area contributed by atoms with Crippen molar-refractivity contribution in [3.8, 4) is 0 Å². The van der Waals surface area contributed by atoms with Gasteiger partial charge in [-0.15, -0.1) is 0 Å². The molecular formula is C21H33O13P. The molecule has 0 heterocycles. The van der Waals surface area contributed by atoms with Crippen molar-refractivity contribution in [1.29, 1.82) is 0 Å². The van der Waals surface area contributed by atoms with Crippen molar-refractivity contribution < 1.29 is 62.1 Å². The number of aliphatic hydroxyl groups is 3. The smallest absolute Gasteiger partial charge is 0.460 e. The lowest BCUT2D eigenvalue weighted by atomic mass is 10.3. The largest absolute Gasteiger partial charge is 0.475 e. The number of esters is 3. The van der Waals surface area contributed by atoms with Gasteiger partial charge in [-0.3, -0.25) is 13.6 Å². The maximum atomic E-state index is 12.9. The molecule has 0 aromatic rings. The summed E-state index contributed by atoms with van der Waals surface area (Å²) in [5, 5.41) is 29.7. The zero-order valence-corrected chi connectivity index (χ0v) is 20.9. The Kier molecular flexibility index (Phi) is 15.2. The van der Waals surface area contributed by atoms with Crippen LogP contribution in [-0.2, 0) is 46.7 Å². The molecule has 0 aromatic heterocycles. The third kappa shape index (κ3) is 15.3. The van der Waals surface area contributed by atoms with Crippen LogP contribution in [0.3, 0.4) is 0 Å². The third-order valence-corrected chi connectivity index (χ3v) is 4.94. The van der Waals surface area contributed by atoms with Gasteiger partial charge in [0.15, 0.2) is 0 Å². The van der Waals surface area contributed by atoms with Crippen LogP contribution in [-0.4, -0.2) is 91.2 Å². The number of phosphoric ester groups is 1. The second kappa shape index (κ2) is 16.3. The van der Waals surface area contributed by atoms with Crippen LogP contribution < -0.4 is 0 Å². The second-order valence-electron chi connectivity index (χ2n) is 7.43. The summed E-state index contributed by atoms with van der Waals surface area (Å²) in [6.45, 7) is 10.7. The number of carbonyl (C=O) groups is 3. The minimum absolute atomic E-state index is 0.0955. The fourth-order valence-corrected chi connectivity index (χ4v) is 2.96. The fourth-order valence-electron chi connectivity index (χ4n) is 1.67. The Morgan fingerprint density at radius 2 is 0.829 bits per heavy atom. The van der Waals surface area contributed by atoms with E-state index in [0.29, 0.717) is 0 Å². The zero-order valence-electron chi connectivity index (χ0n) is 20.0. The third-order valence-electron chi connectivity index (χ3n) is 3.54. The number of hydrogen-bond acceptors (Lipinski definition) is 13. The van der Waals surface area contributed by atoms with Crippen LogP contribution in [0.15, 0.2) is 36.5 Å². The van der Waals surface area contributed by atoms with E-state index in [9.17, 15) is 34.3 Å². The molecule has 3 N–H and O–H groups in total. The molecule has 0 rings (SSSR count). The summed E-state index contributed by atoms with van der Waals surface area (Å²) in [5.41, 5.74) is 0.286. The number of phosphoric acid groups is 1. The Morgan fingerprint density at radius 1 is 0.600 bits per heavy atom. The molecular weight excluding hydrogens is 491 g/mol. The van der Waals surface area contributed by atoms with E-state index in [-0.39, 0.29) is 16.7 Å². The topological polar surface area (TPSA) is 184 Å². The molecule has 0 saturated carbocycles. The van der Waals surface area contributed by atoms with Gasteiger partial charge in [0.25, 0.3) is 0 Å². The summed E-state index contributed by atoms with van der Waals surface area (Å²) in [6, 6.07) is 0. The van der Waals surface area contributed by atoms with Crippen molar-refractivity contribution in [1.82, 2.24) is 0 Å². The minimum Gasteiger partial charge on any atom is -0.460 e. The van der Waals surface area contributed by atoms with E-state index in [2.05, 4.69) is 19.7 Å². The summed E-state index contributed by atoms with van der Waals surface area (Å²) in [7, 11) is -4.53. The van der Waals surface area contributed by atoms with Gasteiger partial charge in [-0.1, -0.05) is 19.7 Å². The highest BCUT2D eigenvalue weighted by Crippen LogP contribution is 2.49. The quantitative estimate of drug-likeness (QED) is 0.0980. The maximum Gasteiger partial charge on any atom is 0.475 e. The van der Waals surface area contributed by atoms with Crippen molar-refractivity contribution in [3.63, 3.8) is 0 Å². The number of hydrogen-bond donors (Lipinski definition) is 3. The lowest BCUT2D eigenvalue weighted by Crippen LogP contribution is -2.27. The van der Waals surface area contributed by atoms with E-state index in [4.69, 9.17) is 27.8 Å². The first kappa shape index (κ1) is 32.6. The SMILES string of the molecule is C=C(C)C(=O)OCC(O)COP(=O)(OCC(O)COC(=O)C(=C)C)OCC(O)COC(=O)C(=C)C. The van der Waals surface area contributed by atoms with Crippen molar-refractivity contribution in [2.45, 2.75) is 39.1 Å². The van der Waals surface area contributed by atoms with Gasteiger partial charge in [-0.25, -0.2) is 18.9 Å². The molecule has 3 atom stereocenters. The van der Waals surface area contributed by atoms with Crippen LogP contribution in [0.4, 0.5) is 0 Å². The van der Waals surface area contributed by atoms with Gasteiger partial charge in [0.2, 0.25) is 0 Å². The van der Waals surface area contributed by atoms with Crippen LogP contribution in [0.1, 0.15) is 20.8 Å². The van der Waals surface area contributed by atoms with Gasteiger partial charge in [0.05, 0.1) is 19.8 Å². The number of carbonyl (C=O) groups excluding carboxylic acids is 3. The van der Waals surface area contributed by atoms with Gasteiger partial charge >= 0.3 is 25.7 Å². The number of rotatable bonds is 18. The lowest BCUT2D eigenvalue weighted by Gasteiger charge is -2.22. The first-order valence-electron chi connectivity index (χ1n) is 10.2. The van der Waals surface area contributed by atoms with Crippen LogP contribution in [0, 0.1) is 0 Å². The molecule has 0 aliphatic heterocycles. The van der Waals surface area contributed by atoms with Crippen LogP contribution in [0.2, 0.25) is 0 Å². The molecule has 0 spiro atoms. The van der Waals surface area contributed by atoms with Gasteiger partial charge in [0, 0.05) is 16.7 Å². The van der Waals surface area contributed by atoms with E-state index in [1.54, 1.807) is 0 Å². The summed E-state index contributed by atoms with van der Waals surface area (Å²) in [6.07, 6.45) is -4.33. The summed E-state index contributed by atoms with van der Waals surface area (Å²) >= 11 is 0. The molecule has 200 valence electrons. The molecule has 0 fully saturated rings. The van der Waals surface area contributed by atoms with Crippen molar-refractivity contribution in [2.75, 3.05) is 39.6 Å². The van der Waals surface area contributed by atoms with Crippen molar-refractivity contribution in [2.24, 2.45) is 0 Å². The standard InChI is InChI=1S/C21H33O13P/c1-13(2)19(25)29-7-16(22)10-32-35(28,33-11-17(23)8-30-20(26)14(3)4)34-12-18(24)9-31-21(27)15(5)6/h16-18,22-24H,1,3,5,7-12H2,2,4,6H3. The van der Waals surface area contributed by atoms with E-state index in [0.717, 1.165) is 0 Å². The van der Waals surface area contributed by atoms with Crippen LogP contribution >= 0.6 is 7.82 Å². The molecule has 13 nitrogen and oxygen atoms in total. The van der Waals surface area contributed by atoms with Crippen molar-refractivity contribution in [3.05, 3.63) is 36.5 Å². The maximum absolute atomic E-state index is 12.9. The normalized spacial score (nSPS) is 15.1. The number of aliphatic hydroxyl groups excluding tert-OH is 3. The van der Waals surface area contributed by atoms with E-state index < -0.39 is 83.7 Å². The van der Waals surface area contributed by atoms with E-state index >= 15 is 0 Å². The molecule has 0 amide bonds. The van der Waals surface area contributed by atoms with Gasteiger partial charge < -0.3 is 29.5 Å². The summed E-state index contributed by atoms with van der Waals surface area (Å²) in [5.74, 6) is -2.29. The first-order chi connectivity index (χ1) is 16.2. The molecule has 14 heteroatoms. The molecule has 3 unspecified atom stereocenters. The predicted octanol–water partition coefficient (Wildman–Crippen LogP) is 0.585. The highest BCUT2D eigenvalue weighted by molar-refractivity contribution is 7.48. The summed E-state index contributed by atoms with van der Waals surface area (Å²) < 4.78 is 42.1.